The quantitative estimate of drug-likeness (QED) is 0.0452. The maximum Gasteiger partial charge on any atom is 0.220 e. The Kier molecular flexibility index (Phi) is 25.6. The predicted molar refractivity (Wildman–Crippen MR) is 201 cm³/mol. The molecule has 1 aromatic rings. The molecule has 2 rings (SSSR count). The second kappa shape index (κ2) is 28.7. The van der Waals surface area contributed by atoms with Crippen molar-refractivity contribution in [1.82, 2.24) is 5.32 Å². The van der Waals surface area contributed by atoms with Gasteiger partial charge in [0, 0.05) is 6.42 Å². The van der Waals surface area contributed by atoms with Crippen LogP contribution in [0.15, 0.2) is 24.3 Å². The molecule has 1 aliphatic heterocycles. The average molecular weight is 742 g/mol. The van der Waals surface area contributed by atoms with Gasteiger partial charge in [0.25, 0.3) is 0 Å². The highest BCUT2D eigenvalue weighted by atomic mass is 19.1. The first-order chi connectivity index (χ1) is 25.2. The molecule has 1 amide bonds. The van der Waals surface area contributed by atoms with Gasteiger partial charge in [-0.15, -0.1) is 0 Å². The minimum atomic E-state index is -1.62. The van der Waals surface area contributed by atoms with E-state index >= 15 is 0 Å². The van der Waals surface area contributed by atoms with Gasteiger partial charge in [-0.1, -0.05) is 135 Å². The summed E-state index contributed by atoms with van der Waals surface area (Å²) in [6.45, 7) is 1.29. The summed E-state index contributed by atoms with van der Waals surface area (Å²) in [7, 11) is 0. The first-order valence-electron chi connectivity index (χ1n) is 20.5. The molecule has 8 atom stereocenters. The lowest BCUT2D eigenvalue weighted by molar-refractivity contribution is -0.303. The van der Waals surface area contributed by atoms with Crippen LogP contribution in [0.25, 0.3) is 0 Å². The number of unbranched alkanes of at least 4 members (excludes halogenated alkanes) is 18. The molecule has 2 unspecified atom stereocenters. The van der Waals surface area contributed by atoms with Crippen LogP contribution in [0.5, 0.6) is 0 Å². The summed E-state index contributed by atoms with van der Waals surface area (Å²) in [4.78, 5) is 12.9. The number of aliphatic hydroxyl groups excluding tert-OH is 6. The van der Waals surface area contributed by atoms with E-state index in [1.54, 1.807) is 0 Å². The van der Waals surface area contributed by atoms with Gasteiger partial charge in [0.1, 0.15) is 36.3 Å². The second-order valence-electron chi connectivity index (χ2n) is 14.9. The van der Waals surface area contributed by atoms with Crippen molar-refractivity contribution in [3.8, 4) is 0 Å². The number of hydrogen-bond acceptors (Lipinski definition) is 9. The Morgan fingerprint density at radius 3 is 1.83 bits per heavy atom. The largest absolute Gasteiger partial charge is 0.394 e. The topological polar surface area (TPSA) is 169 Å². The molecule has 0 radical (unpaired) electrons. The van der Waals surface area contributed by atoms with Crippen molar-refractivity contribution in [2.24, 2.45) is 0 Å². The number of benzene rings is 1. The van der Waals surface area contributed by atoms with Gasteiger partial charge in [-0.25, -0.2) is 4.39 Å². The molecule has 1 heterocycles. The second-order valence-corrected chi connectivity index (χ2v) is 14.9. The molecule has 0 bridgehead atoms. The van der Waals surface area contributed by atoms with Gasteiger partial charge in [0.15, 0.2) is 6.29 Å². The molecule has 0 aliphatic carbocycles. The summed E-state index contributed by atoms with van der Waals surface area (Å²) in [5.74, 6) is -0.502. The lowest BCUT2D eigenvalue weighted by Crippen LogP contribution is -2.60. The smallest absolute Gasteiger partial charge is 0.220 e. The summed E-state index contributed by atoms with van der Waals surface area (Å²) in [6.07, 6.45) is 14.1. The number of carbonyl (C=O) groups excluding carboxylic acids is 1. The Labute approximate surface area is 312 Å². The molecule has 10 nitrogen and oxygen atoms in total. The van der Waals surface area contributed by atoms with Crippen LogP contribution in [-0.2, 0) is 20.7 Å². The molecule has 7 N–H and O–H groups in total. The van der Waals surface area contributed by atoms with Crippen LogP contribution in [0.4, 0.5) is 4.39 Å². The van der Waals surface area contributed by atoms with Crippen LogP contribution in [0.2, 0.25) is 0 Å². The Balaban J connectivity index is 1.72. The van der Waals surface area contributed by atoms with Gasteiger partial charge >= 0.3 is 0 Å². The Bertz CT molecular complexity index is 1020. The van der Waals surface area contributed by atoms with Crippen molar-refractivity contribution in [3.05, 3.63) is 35.6 Å². The van der Waals surface area contributed by atoms with Crippen LogP contribution in [0, 0.1) is 5.82 Å². The Morgan fingerprint density at radius 2 is 1.27 bits per heavy atom. The zero-order chi connectivity index (χ0) is 38.0. The highest BCUT2D eigenvalue weighted by Gasteiger charge is 2.44. The predicted octanol–water partition coefficient (Wildman–Crippen LogP) is 5.99. The molecule has 0 spiro atoms. The molecular weight excluding hydrogens is 669 g/mol. The van der Waals surface area contributed by atoms with E-state index in [4.69, 9.17) is 9.47 Å². The third-order valence-electron chi connectivity index (χ3n) is 10.3. The van der Waals surface area contributed by atoms with Crippen LogP contribution >= 0.6 is 0 Å². The van der Waals surface area contributed by atoms with Gasteiger partial charge < -0.3 is 45.4 Å². The summed E-state index contributed by atoms with van der Waals surface area (Å²) >= 11 is 0. The molecule has 1 aliphatic rings. The normalized spacial score (nSPS) is 22.3. The number of hydrogen-bond donors (Lipinski definition) is 7. The summed E-state index contributed by atoms with van der Waals surface area (Å²) in [6, 6.07) is 5.66. The van der Waals surface area contributed by atoms with Crippen LogP contribution in [0.3, 0.4) is 0 Å². The van der Waals surface area contributed by atoms with Crippen molar-refractivity contribution in [2.45, 2.75) is 204 Å². The van der Waals surface area contributed by atoms with Gasteiger partial charge in [0.05, 0.1) is 25.4 Å². The van der Waals surface area contributed by atoms with Crippen LogP contribution in [-0.4, -0.2) is 98.7 Å². The van der Waals surface area contributed by atoms with Gasteiger partial charge in [-0.3, -0.25) is 4.79 Å². The number of rotatable bonds is 31. The van der Waals surface area contributed by atoms with Crippen molar-refractivity contribution in [1.29, 1.82) is 0 Å². The SMILES string of the molecule is CCCCCCCCCCCCCC[C@@H](O)[C@@H](O)[C@H](CO[C@H]1OC(CO)[C@H](O)[C@H](O)C1O)NC(=O)CCCCCCCCCCc1ccc(F)cc1. The molecule has 0 saturated carbocycles. The number of halogens is 1. The molecule has 0 aromatic heterocycles. The van der Waals surface area contributed by atoms with Crippen molar-refractivity contribution < 1.29 is 49.3 Å². The number of ether oxygens (including phenoxy) is 2. The van der Waals surface area contributed by atoms with E-state index in [0.717, 1.165) is 82.6 Å². The van der Waals surface area contributed by atoms with E-state index in [1.807, 2.05) is 12.1 Å². The van der Waals surface area contributed by atoms with E-state index in [2.05, 4.69) is 12.2 Å². The first kappa shape index (κ1) is 46.5. The standard InChI is InChI=1S/C41H72FNO9/c1-2-3-4-5-6-7-8-9-10-14-17-20-23-34(45)37(47)33(30-51-41-40(50)39(49)38(48)35(29-44)52-41)43-36(46)24-21-18-15-12-11-13-16-19-22-31-25-27-32(42)28-26-31/h25-28,33-35,37-41,44-45,47-50H,2-24,29-30H2,1H3,(H,43,46)/t33-,34+,35?,37-,38-,39-,40?,41-/m0/s1. The maximum absolute atomic E-state index is 13.0. The Morgan fingerprint density at radius 1 is 0.750 bits per heavy atom. The fourth-order valence-corrected chi connectivity index (χ4v) is 6.87. The van der Waals surface area contributed by atoms with Crippen molar-refractivity contribution in [3.63, 3.8) is 0 Å². The fourth-order valence-electron chi connectivity index (χ4n) is 6.87. The average Bonchev–Trinajstić information content (AvgIpc) is 3.14. The Hall–Kier alpha value is -1.70. The molecule has 1 fully saturated rings. The van der Waals surface area contributed by atoms with E-state index in [0.29, 0.717) is 12.8 Å². The molecular formula is C41H72FNO9. The van der Waals surface area contributed by atoms with E-state index in [-0.39, 0.29) is 24.8 Å². The van der Waals surface area contributed by atoms with Crippen molar-refractivity contribution in [2.75, 3.05) is 13.2 Å². The lowest BCUT2D eigenvalue weighted by Gasteiger charge is -2.40. The van der Waals surface area contributed by atoms with Gasteiger partial charge in [-0.2, -0.15) is 0 Å². The monoisotopic (exact) mass is 742 g/mol. The number of aliphatic hydroxyl groups is 6. The van der Waals surface area contributed by atoms with Crippen molar-refractivity contribution >= 4 is 5.91 Å². The maximum atomic E-state index is 13.0. The number of aryl methyl sites for hydroxylation is 1. The van der Waals surface area contributed by atoms with Crippen LogP contribution < -0.4 is 5.32 Å². The summed E-state index contributed by atoms with van der Waals surface area (Å²) in [5, 5.41) is 64.9. The lowest BCUT2D eigenvalue weighted by atomic mass is 9.98. The zero-order valence-corrected chi connectivity index (χ0v) is 31.9. The van der Waals surface area contributed by atoms with Crippen LogP contribution in [0.1, 0.15) is 154 Å². The third-order valence-corrected chi connectivity index (χ3v) is 10.3. The third kappa shape index (κ3) is 19.6. The molecule has 1 aromatic carbocycles. The van der Waals surface area contributed by atoms with E-state index < -0.39 is 55.6 Å². The highest BCUT2D eigenvalue weighted by molar-refractivity contribution is 5.76. The number of amides is 1. The summed E-state index contributed by atoms with van der Waals surface area (Å²) in [5.41, 5.74) is 1.16. The molecule has 11 heteroatoms. The van der Waals surface area contributed by atoms with Gasteiger partial charge in [0.2, 0.25) is 5.91 Å². The van der Waals surface area contributed by atoms with Gasteiger partial charge in [-0.05, 0) is 43.4 Å². The minimum absolute atomic E-state index is 0.210. The minimum Gasteiger partial charge on any atom is -0.394 e. The van der Waals surface area contributed by atoms with E-state index in [9.17, 15) is 39.8 Å². The molecule has 1 saturated heterocycles. The van der Waals surface area contributed by atoms with E-state index in [1.165, 1.54) is 63.5 Å². The molecule has 52 heavy (non-hydrogen) atoms. The number of nitrogens with one attached hydrogen (secondary N) is 1. The zero-order valence-electron chi connectivity index (χ0n) is 31.9. The molecule has 302 valence electrons. The summed E-state index contributed by atoms with van der Waals surface area (Å²) < 4.78 is 24.1. The number of carbonyl (C=O) groups is 1. The first-order valence-corrected chi connectivity index (χ1v) is 20.5. The highest BCUT2D eigenvalue weighted by Crippen LogP contribution is 2.23. The fraction of sp³-hybridized carbons (Fsp3) is 0.829.